The highest BCUT2D eigenvalue weighted by Crippen LogP contribution is 2.36. The van der Waals surface area contributed by atoms with E-state index in [0.717, 1.165) is 13.2 Å². The predicted molar refractivity (Wildman–Crippen MR) is 102 cm³/mol. The molecule has 1 unspecified atom stereocenters. The van der Waals surface area contributed by atoms with E-state index in [-0.39, 0.29) is 27.1 Å². The lowest BCUT2D eigenvalue weighted by atomic mass is 10.0. The highest BCUT2D eigenvalue weighted by Gasteiger charge is 2.26. The molecule has 3 aromatic rings. The molecule has 0 amide bonds. The molecule has 0 radical (unpaired) electrons. The molecular formula is C21H13F4NO3S. The van der Waals surface area contributed by atoms with Crippen molar-refractivity contribution in [3.05, 3.63) is 83.6 Å². The molecule has 1 heterocycles. The van der Waals surface area contributed by atoms with Crippen LogP contribution in [0.25, 0.3) is 17.2 Å². The van der Waals surface area contributed by atoms with Crippen molar-refractivity contribution < 1.29 is 31.3 Å². The van der Waals surface area contributed by atoms with Gasteiger partial charge in [0, 0.05) is 23.9 Å². The van der Waals surface area contributed by atoms with E-state index in [4.69, 9.17) is 0 Å². The molecule has 1 aromatic heterocycles. The zero-order chi connectivity index (χ0) is 21.8. The van der Waals surface area contributed by atoms with E-state index in [2.05, 4.69) is 9.72 Å². The van der Waals surface area contributed by atoms with Gasteiger partial charge in [0.15, 0.2) is 23.3 Å². The van der Waals surface area contributed by atoms with Gasteiger partial charge in [0.2, 0.25) is 0 Å². The Morgan fingerprint density at radius 3 is 2.33 bits per heavy atom. The summed E-state index contributed by atoms with van der Waals surface area (Å²) in [5.74, 6) is -7.21. The Kier molecular flexibility index (Phi) is 6.41. The van der Waals surface area contributed by atoms with E-state index < -0.39 is 45.6 Å². The first-order valence-corrected chi connectivity index (χ1v) is 9.55. The monoisotopic (exact) mass is 435 g/mol. The number of hydrogen-bond acceptors (Lipinski definition) is 4. The van der Waals surface area contributed by atoms with Gasteiger partial charge in [-0.2, -0.15) is 0 Å². The lowest BCUT2D eigenvalue weighted by Crippen LogP contribution is -2.05. The number of aromatic nitrogens is 1. The molecule has 0 aliphatic carbocycles. The van der Waals surface area contributed by atoms with Gasteiger partial charge in [-0.25, -0.2) is 31.5 Å². The van der Waals surface area contributed by atoms with Crippen molar-refractivity contribution >= 4 is 22.8 Å². The summed E-state index contributed by atoms with van der Waals surface area (Å²) in [6.07, 6.45) is 3.59. The number of rotatable bonds is 5. The molecule has 0 N–H and O–H groups in total. The lowest BCUT2D eigenvalue weighted by molar-refractivity contribution is -0.134. The smallest absolute Gasteiger partial charge is 0.330 e. The number of esters is 1. The van der Waals surface area contributed by atoms with Crippen molar-refractivity contribution in [1.82, 2.24) is 4.98 Å². The first-order chi connectivity index (χ1) is 14.3. The summed E-state index contributed by atoms with van der Waals surface area (Å²) in [5, 5.41) is 0.0374. The van der Waals surface area contributed by atoms with E-state index in [1.165, 1.54) is 36.5 Å². The standard InChI is InChI=1S/C21H13F4NO3S/c1-29-17(27)9-8-12-5-4-6-13(18-19(24)14(22)11-15(23)20(18)25)21(12)30(28)16-7-2-3-10-26-16/h2-11H,1H3/b9-8+. The lowest BCUT2D eigenvalue weighted by Gasteiger charge is -2.14. The van der Waals surface area contributed by atoms with Gasteiger partial charge in [0.1, 0.15) is 15.8 Å². The molecule has 0 spiro atoms. The molecule has 0 bridgehead atoms. The summed E-state index contributed by atoms with van der Waals surface area (Å²) in [5.41, 5.74) is -1.25. The number of halogens is 4. The van der Waals surface area contributed by atoms with Crippen molar-refractivity contribution in [2.24, 2.45) is 0 Å². The van der Waals surface area contributed by atoms with E-state index in [1.807, 2.05) is 0 Å². The van der Waals surface area contributed by atoms with Gasteiger partial charge in [-0.3, -0.25) is 0 Å². The average Bonchev–Trinajstić information content (AvgIpc) is 2.76. The van der Waals surface area contributed by atoms with Gasteiger partial charge in [-0.1, -0.05) is 24.3 Å². The summed E-state index contributed by atoms with van der Waals surface area (Å²) in [6.45, 7) is 0. The number of carbonyl (C=O) groups excluding carboxylic acids is 1. The van der Waals surface area contributed by atoms with Crippen molar-refractivity contribution in [2.45, 2.75) is 9.92 Å². The third-order valence-corrected chi connectivity index (χ3v) is 5.49. The van der Waals surface area contributed by atoms with Crippen LogP contribution in [-0.4, -0.2) is 22.3 Å². The van der Waals surface area contributed by atoms with Crippen molar-refractivity contribution in [3.8, 4) is 11.1 Å². The number of benzene rings is 2. The second kappa shape index (κ2) is 9.00. The van der Waals surface area contributed by atoms with Gasteiger partial charge in [0.05, 0.1) is 17.6 Å². The SMILES string of the molecule is COC(=O)/C=C/c1cccc(-c2c(F)c(F)cc(F)c2F)c1S(=O)c1ccccn1. The molecular weight excluding hydrogens is 422 g/mol. The Morgan fingerprint density at radius 1 is 1.03 bits per heavy atom. The summed E-state index contributed by atoms with van der Waals surface area (Å²) >= 11 is 0. The Morgan fingerprint density at radius 2 is 1.73 bits per heavy atom. The molecule has 1 atom stereocenters. The first-order valence-electron chi connectivity index (χ1n) is 8.40. The van der Waals surface area contributed by atoms with Crippen LogP contribution in [0.2, 0.25) is 0 Å². The van der Waals surface area contributed by atoms with Gasteiger partial charge in [-0.15, -0.1) is 0 Å². The Balaban J connectivity index is 2.34. The Labute approximate surface area is 171 Å². The predicted octanol–water partition coefficient (Wildman–Crippen LogP) is 4.66. The maximum Gasteiger partial charge on any atom is 0.330 e. The van der Waals surface area contributed by atoms with Crippen LogP contribution in [0, 0.1) is 23.3 Å². The fourth-order valence-corrected chi connectivity index (χ4v) is 3.97. The zero-order valence-corrected chi connectivity index (χ0v) is 16.2. The summed E-state index contributed by atoms with van der Waals surface area (Å²) < 4.78 is 74.3. The van der Waals surface area contributed by atoms with Crippen LogP contribution in [-0.2, 0) is 20.3 Å². The minimum Gasteiger partial charge on any atom is -0.466 e. The molecule has 9 heteroatoms. The van der Waals surface area contributed by atoms with Crippen LogP contribution in [0.4, 0.5) is 17.6 Å². The summed E-state index contributed by atoms with van der Waals surface area (Å²) in [7, 11) is -0.960. The van der Waals surface area contributed by atoms with Gasteiger partial charge < -0.3 is 4.74 Å². The zero-order valence-electron chi connectivity index (χ0n) is 15.4. The number of ether oxygens (including phenoxy) is 1. The third kappa shape index (κ3) is 4.16. The van der Waals surface area contributed by atoms with Crippen LogP contribution in [0.1, 0.15) is 5.56 Å². The second-order valence-corrected chi connectivity index (χ2v) is 7.22. The van der Waals surface area contributed by atoms with Crippen molar-refractivity contribution in [3.63, 3.8) is 0 Å². The maximum absolute atomic E-state index is 14.5. The quantitative estimate of drug-likeness (QED) is 0.253. The van der Waals surface area contributed by atoms with Crippen LogP contribution in [0.15, 0.2) is 64.7 Å². The summed E-state index contributed by atoms with van der Waals surface area (Å²) in [6, 6.07) is 8.57. The van der Waals surface area contributed by atoms with Crippen LogP contribution >= 0.6 is 0 Å². The number of carbonyl (C=O) groups is 1. The molecule has 4 nitrogen and oxygen atoms in total. The number of hydrogen-bond donors (Lipinski definition) is 0. The molecule has 2 aromatic carbocycles. The average molecular weight is 435 g/mol. The van der Waals surface area contributed by atoms with Gasteiger partial charge >= 0.3 is 5.97 Å². The molecule has 3 rings (SSSR count). The summed E-state index contributed by atoms with van der Waals surface area (Å²) in [4.78, 5) is 15.3. The van der Waals surface area contributed by atoms with Gasteiger partial charge in [0.25, 0.3) is 0 Å². The Bertz CT molecular complexity index is 1140. The van der Waals surface area contributed by atoms with Crippen LogP contribution < -0.4 is 0 Å². The van der Waals surface area contributed by atoms with Crippen LogP contribution in [0.5, 0.6) is 0 Å². The minimum atomic E-state index is -2.11. The molecule has 0 saturated heterocycles. The van der Waals surface area contributed by atoms with E-state index in [1.54, 1.807) is 12.1 Å². The molecule has 0 fully saturated rings. The third-order valence-electron chi connectivity index (χ3n) is 4.04. The Hall–Kier alpha value is -3.33. The fraction of sp³-hybridized carbons (Fsp3) is 0.0476. The molecule has 0 saturated carbocycles. The number of pyridine rings is 1. The van der Waals surface area contributed by atoms with Crippen molar-refractivity contribution in [1.29, 1.82) is 0 Å². The highest BCUT2D eigenvalue weighted by molar-refractivity contribution is 7.85. The molecule has 154 valence electrons. The normalized spacial score (nSPS) is 12.2. The van der Waals surface area contributed by atoms with E-state index in [0.29, 0.717) is 0 Å². The van der Waals surface area contributed by atoms with Gasteiger partial charge in [-0.05, 0) is 23.8 Å². The highest BCUT2D eigenvalue weighted by atomic mass is 32.2. The van der Waals surface area contributed by atoms with Crippen molar-refractivity contribution in [2.75, 3.05) is 7.11 Å². The fourth-order valence-electron chi connectivity index (χ4n) is 2.69. The second-order valence-electron chi connectivity index (χ2n) is 5.86. The maximum atomic E-state index is 14.5. The van der Waals surface area contributed by atoms with E-state index in [9.17, 15) is 26.6 Å². The molecule has 0 aliphatic heterocycles. The van der Waals surface area contributed by atoms with Crippen LogP contribution in [0.3, 0.4) is 0 Å². The largest absolute Gasteiger partial charge is 0.466 e. The van der Waals surface area contributed by atoms with E-state index >= 15 is 0 Å². The topological polar surface area (TPSA) is 56.3 Å². The first kappa shape index (κ1) is 21.4. The number of methoxy groups -OCH3 is 1. The molecule has 0 aliphatic rings. The minimum absolute atomic E-state index is 0.0374. The number of nitrogens with zero attached hydrogens (tertiary/aromatic N) is 1. The molecule has 30 heavy (non-hydrogen) atoms.